The first-order valence-corrected chi connectivity index (χ1v) is 15.0. The summed E-state index contributed by atoms with van der Waals surface area (Å²) in [4.78, 5) is 67.6. The van der Waals surface area contributed by atoms with E-state index in [0.29, 0.717) is 37.4 Å². The topological polar surface area (TPSA) is 152 Å². The van der Waals surface area contributed by atoms with Gasteiger partial charge in [-0.05, 0) is 37.3 Å². The second kappa shape index (κ2) is 13.6. The first-order chi connectivity index (χ1) is 21.2. The molecule has 12 heteroatoms. The summed E-state index contributed by atoms with van der Waals surface area (Å²) < 4.78 is 1.84. The van der Waals surface area contributed by atoms with Gasteiger partial charge in [0.1, 0.15) is 5.69 Å². The van der Waals surface area contributed by atoms with E-state index >= 15 is 0 Å². The van der Waals surface area contributed by atoms with Crippen LogP contribution in [0.5, 0.6) is 0 Å². The fraction of sp³-hybridized carbons (Fsp3) is 0.406. The van der Waals surface area contributed by atoms with Crippen molar-refractivity contribution in [3.8, 4) is 22.5 Å². The Morgan fingerprint density at radius 2 is 1.61 bits per heavy atom. The number of anilines is 1. The van der Waals surface area contributed by atoms with Crippen molar-refractivity contribution in [3.63, 3.8) is 0 Å². The highest BCUT2D eigenvalue weighted by Crippen LogP contribution is 2.41. The van der Waals surface area contributed by atoms with Crippen LogP contribution in [0.15, 0.2) is 48.5 Å². The first-order valence-electron chi connectivity index (χ1n) is 15.0. The van der Waals surface area contributed by atoms with Crippen molar-refractivity contribution in [1.29, 1.82) is 0 Å². The molecule has 1 unspecified atom stereocenters. The van der Waals surface area contributed by atoms with E-state index in [1.54, 1.807) is 11.8 Å². The lowest BCUT2D eigenvalue weighted by molar-refractivity contribution is -0.198. The Bertz CT molecular complexity index is 1580. The smallest absolute Gasteiger partial charge is 0.333 e. The molecule has 0 radical (unpaired) electrons. The predicted molar refractivity (Wildman–Crippen MR) is 158 cm³/mol. The number of carbonyl (C=O) groups excluding carboxylic acids is 4. The molecule has 1 atom stereocenters. The van der Waals surface area contributed by atoms with Crippen molar-refractivity contribution >= 4 is 35.3 Å². The number of para-hydroxylation sites is 1. The van der Waals surface area contributed by atoms with Crippen molar-refractivity contribution < 1.29 is 33.9 Å². The lowest BCUT2D eigenvalue weighted by Gasteiger charge is -2.29. The minimum Gasteiger partial charge on any atom is -0.481 e. The van der Waals surface area contributed by atoms with Crippen LogP contribution in [0.1, 0.15) is 70.3 Å². The average molecular weight is 602 g/mol. The van der Waals surface area contributed by atoms with Gasteiger partial charge in [0, 0.05) is 49.3 Å². The molecule has 0 bridgehead atoms. The number of hydroxylamine groups is 2. The number of carboxylic acid groups (broad SMARTS) is 1. The zero-order valence-corrected chi connectivity index (χ0v) is 24.6. The highest BCUT2D eigenvalue weighted by molar-refractivity contribution is 6.03. The van der Waals surface area contributed by atoms with Gasteiger partial charge in [-0.3, -0.25) is 19.2 Å². The van der Waals surface area contributed by atoms with Crippen molar-refractivity contribution in [2.45, 2.75) is 77.8 Å². The molecule has 2 aliphatic heterocycles. The highest BCUT2D eigenvalue weighted by Gasteiger charge is 2.39. The van der Waals surface area contributed by atoms with E-state index in [0.717, 1.165) is 46.6 Å². The van der Waals surface area contributed by atoms with Gasteiger partial charge in [0.25, 0.3) is 11.8 Å². The quantitative estimate of drug-likeness (QED) is 0.233. The minimum absolute atomic E-state index is 0.0200. The molecular formula is C32H35N5O7. The number of hydrogen-bond donors (Lipinski definition) is 1. The standard InChI is InChI=1S/C32H35N5O7/c1-21-19-27(39)37(32(21)43)44-29(42)17-9-8-15-26(38)35-20-22-11-4-5-12-23(22)30-31(24-13-6-7-14-25(24)35)36(34-33-30)18-10-2-3-16-28(40)41/h4-7,11-14,21H,2-3,8-10,15-20H2,1H3,(H,40,41). The Labute approximate surface area is 254 Å². The van der Waals surface area contributed by atoms with Gasteiger partial charge in [-0.25, -0.2) is 9.48 Å². The molecule has 1 fully saturated rings. The molecule has 5 rings (SSSR count). The maximum absolute atomic E-state index is 13.7. The molecule has 1 aromatic heterocycles. The number of fused-ring (bicyclic) bond motifs is 5. The van der Waals surface area contributed by atoms with Crippen molar-refractivity contribution in [2.75, 3.05) is 4.90 Å². The SMILES string of the molecule is CC1CC(=O)N(OC(=O)CCCCC(=O)N2Cc3ccccc3-c3nnn(CCCCCC(=O)O)c3-c3ccccc32)C1=O. The number of nitrogens with zero attached hydrogens (tertiary/aromatic N) is 5. The normalized spacial score (nSPS) is 15.7. The lowest BCUT2D eigenvalue weighted by atomic mass is 9.95. The zero-order chi connectivity index (χ0) is 31.2. The van der Waals surface area contributed by atoms with Gasteiger partial charge in [0.2, 0.25) is 5.91 Å². The fourth-order valence-electron chi connectivity index (χ4n) is 5.59. The van der Waals surface area contributed by atoms with Gasteiger partial charge < -0.3 is 14.8 Å². The maximum atomic E-state index is 13.7. The molecule has 0 spiro atoms. The second-order valence-electron chi connectivity index (χ2n) is 11.2. The monoisotopic (exact) mass is 601 g/mol. The van der Waals surface area contributed by atoms with Crippen LogP contribution in [-0.4, -0.2) is 54.8 Å². The number of amides is 3. The summed E-state index contributed by atoms with van der Waals surface area (Å²) in [6.45, 7) is 2.49. The average Bonchev–Trinajstić information content (AvgIpc) is 3.52. The lowest BCUT2D eigenvalue weighted by Crippen LogP contribution is -2.33. The summed E-state index contributed by atoms with van der Waals surface area (Å²) >= 11 is 0. The summed E-state index contributed by atoms with van der Waals surface area (Å²) in [7, 11) is 0. The number of imide groups is 1. The molecule has 0 aliphatic carbocycles. The molecule has 44 heavy (non-hydrogen) atoms. The number of aryl methyl sites for hydroxylation is 1. The summed E-state index contributed by atoms with van der Waals surface area (Å²) in [5.74, 6) is -3.17. The number of unbranched alkanes of at least 4 members (excludes halogenated alkanes) is 3. The van der Waals surface area contributed by atoms with Gasteiger partial charge in [0.15, 0.2) is 0 Å². The molecule has 1 saturated heterocycles. The van der Waals surface area contributed by atoms with Gasteiger partial charge in [-0.1, -0.05) is 61.0 Å². The van der Waals surface area contributed by atoms with Crippen LogP contribution >= 0.6 is 0 Å². The zero-order valence-electron chi connectivity index (χ0n) is 24.6. The van der Waals surface area contributed by atoms with Crippen LogP contribution < -0.4 is 4.90 Å². The Hall–Kier alpha value is -4.87. The number of carbonyl (C=O) groups is 5. The molecule has 230 valence electrons. The van der Waals surface area contributed by atoms with Crippen LogP contribution in [0.2, 0.25) is 0 Å². The summed E-state index contributed by atoms with van der Waals surface area (Å²) in [6, 6.07) is 15.4. The summed E-state index contributed by atoms with van der Waals surface area (Å²) in [6.07, 6.45) is 3.11. The Kier molecular flexibility index (Phi) is 9.47. The maximum Gasteiger partial charge on any atom is 0.333 e. The third-order valence-corrected chi connectivity index (χ3v) is 7.89. The summed E-state index contributed by atoms with van der Waals surface area (Å²) in [5.41, 5.74) is 4.87. The van der Waals surface area contributed by atoms with Crippen molar-refractivity contribution in [2.24, 2.45) is 5.92 Å². The molecule has 1 N–H and O–H groups in total. The molecule has 3 heterocycles. The van der Waals surface area contributed by atoms with Crippen LogP contribution in [0.25, 0.3) is 22.5 Å². The van der Waals surface area contributed by atoms with Gasteiger partial charge in [-0.2, -0.15) is 0 Å². The van der Waals surface area contributed by atoms with Gasteiger partial charge >= 0.3 is 11.9 Å². The van der Waals surface area contributed by atoms with Crippen LogP contribution in [-0.2, 0) is 41.9 Å². The number of benzene rings is 2. The van der Waals surface area contributed by atoms with E-state index in [9.17, 15) is 24.0 Å². The van der Waals surface area contributed by atoms with E-state index in [4.69, 9.17) is 9.94 Å². The van der Waals surface area contributed by atoms with E-state index in [1.807, 2.05) is 53.2 Å². The second-order valence-corrected chi connectivity index (χ2v) is 11.2. The number of aliphatic carboxylic acids is 1. The number of rotatable bonds is 12. The minimum atomic E-state index is -0.809. The number of hydrogen-bond acceptors (Lipinski definition) is 8. The molecule has 2 aromatic carbocycles. The molecule has 0 saturated carbocycles. The van der Waals surface area contributed by atoms with E-state index in [-0.39, 0.29) is 31.6 Å². The Morgan fingerprint density at radius 3 is 2.36 bits per heavy atom. The van der Waals surface area contributed by atoms with Crippen molar-refractivity contribution in [1.82, 2.24) is 20.1 Å². The predicted octanol–water partition coefficient (Wildman–Crippen LogP) is 4.52. The Morgan fingerprint density at radius 1 is 0.909 bits per heavy atom. The van der Waals surface area contributed by atoms with Crippen LogP contribution in [0.4, 0.5) is 5.69 Å². The molecule has 3 aromatic rings. The molecule has 3 amide bonds. The van der Waals surface area contributed by atoms with Gasteiger partial charge in [-0.15, -0.1) is 10.2 Å². The number of carboxylic acids is 1. The third kappa shape index (κ3) is 6.69. The van der Waals surface area contributed by atoms with Gasteiger partial charge in [0.05, 0.1) is 17.9 Å². The first kappa shape index (κ1) is 30.6. The fourth-order valence-corrected chi connectivity index (χ4v) is 5.59. The molecular weight excluding hydrogens is 566 g/mol. The largest absolute Gasteiger partial charge is 0.481 e. The molecule has 12 nitrogen and oxygen atoms in total. The van der Waals surface area contributed by atoms with E-state index < -0.39 is 29.7 Å². The van der Waals surface area contributed by atoms with Crippen molar-refractivity contribution in [3.05, 3.63) is 54.1 Å². The van der Waals surface area contributed by atoms with Crippen LogP contribution in [0.3, 0.4) is 0 Å². The summed E-state index contributed by atoms with van der Waals surface area (Å²) in [5, 5.41) is 18.5. The Balaban J connectivity index is 1.31. The van der Waals surface area contributed by atoms with E-state index in [1.165, 1.54) is 0 Å². The highest BCUT2D eigenvalue weighted by atomic mass is 16.7. The third-order valence-electron chi connectivity index (χ3n) is 7.89. The van der Waals surface area contributed by atoms with Crippen LogP contribution in [0, 0.1) is 5.92 Å². The number of aromatic nitrogens is 3. The van der Waals surface area contributed by atoms with E-state index in [2.05, 4.69) is 10.3 Å². The molecule has 2 aliphatic rings.